The van der Waals surface area contributed by atoms with E-state index < -0.39 is 5.82 Å². The maximum atomic E-state index is 13.1. The number of aromatic nitrogens is 4. The molecular weight excluding hydrogens is 292 g/mol. The monoisotopic (exact) mass is 297 g/mol. The van der Waals surface area contributed by atoms with Gasteiger partial charge in [0.25, 0.3) is 5.78 Å². The van der Waals surface area contributed by atoms with E-state index in [1.54, 1.807) is 12.1 Å². The molecule has 2 aromatic heterocycles. The molecule has 8 heteroatoms. The standard InChI is InChI=1S/C11H6Cl2FN5/c12-7-3-6(1-2-8(7)14)17-10-4-9(13)18-11-15-5-16-19(10)11/h1-5,17H. The molecule has 1 aromatic carbocycles. The highest BCUT2D eigenvalue weighted by molar-refractivity contribution is 6.31. The lowest BCUT2D eigenvalue weighted by Crippen LogP contribution is -2.01. The minimum Gasteiger partial charge on any atom is -0.340 e. The Balaban J connectivity index is 2.04. The van der Waals surface area contributed by atoms with Crippen LogP contribution in [0, 0.1) is 5.82 Å². The zero-order valence-electron chi connectivity index (χ0n) is 9.31. The lowest BCUT2D eigenvalue weighted by atomic mass is 10.3. The molecule has 0 fully saturated rings. The number of fused-ring (bicyclic) bond motifs is 1. The summed E-state index contributed by atoms with van der Waals surface area (Å²) in [5, 5.41) is 7.34. The Morgan fingerprint density at radius 2 is 2.05 bits per heavy atom. The fourth-order valence-corrected chi connectivity index (χ4v) is 1.95. The van der Waals surface area contributed by atoms with E-state index >= 15 is 0 Å². The first kappa shape index (κ1) is 12.1. The van der Waals surface area contributed by atoms with Crippen LogP contribution in [0.3, 0.4) is 0 Å². The summed E-state index contributed by atoms with van der Waals surface area (Å²) in [4.78, 5) is 7.94. The van der Waals surface area contributed by atoms with Gasteiger partial charge in [-0.25, -0.2) is 4.39 Å². The maximum Gasteiger partial charge on any atom is 0.255 e. The van der Waals surface area contributed by atoms with Crippen LogP contribution in [0.25, 0.3) is 5.78 Å². The predicted octanol–water partition coefficient (Wildman–Crippen LogP) is 3.31. The van der Waals surface area contributed by atoms with Gasteiger partial charge < -0.3 is 5.32 Å². The minimum absolute atomic E-state index is 0.0278. The number of halogens is 3. The number of hydrogen-bond acceptors (Lipinski definition) is 4. The topological polar surface area (TPSA) is 55.1 Å². The van der Waals surface area contributed by atoms with Gasteiger partial charge in [-0.15, -0.1) is 0 Å². The fraction of sp³-hybridized carbons (Fsp3) is 0. The molecule has 0 aliphatic carbocycles. The molecule has 0 aliphatic rings. The normalized spacial score (nSPS) is 10.9. The van der Waals surface area contributed by atoms with E-state index in [-0.39, 0.29) is 10.2 Å². The molecule has 5 nitrogen and oxygen atoms in total. The van der Waals surface area contributed by atoms with Crippen LogP contribution in [0.2, 0.25) is 10.2 Å². The van der Waals surface area contributed by atoms with Crippen molar-refractivity contribution in [3.8, 4) is 0 Å². The van der Waals surface area contributed by atoms with Gasteiger partial charge in [0, 0.05) is 11.8 Å². The Morgan fingerprint density at radius 3 is 2.84 bits per heavy atom. The first-order valence-electron chi connectivity index (χ1n) is 5.22. The molecule has 19 heavy (non-hydrogen) atoms. The molecule has 3 aromatic rings. The summed E-state index contributed by atoms with van der Waals surface area (Å²) in [6.07, 6.45) is 1.36. The highest BCUT2D eigenvalue weighted by atomic mass is 35.5. The third-order valence-corrected chi connectivity index (χ3v) is 2.90. The van der Waals surface area contributed by atoms with Gasteiger partial charge in [-0.3, -0.25) is 0 Å². The van der Waals surface area contributed by atoms with Gasteiger partial charge in [-0.2, -0.15) is 19.6 Å². The zero-order valence-corrected chi connectivity index (χ0v) is 10.8. The predicted molar refractivity (Wildman–Crippen MR) is 70.5 cm³/mol. The van der Waals surface area contributed by atoms with Crippen LogP contribution in [0.4, 0.5) is 15.9 Å². The fourth-order valence-electron chi connectivity index (χ4n) is 1.59. The molecule has 1 N–H and O–H groups in total. The number of nitrogens with zero attached hydrogens (tertiary/aromatic N) is 4. The Labute approximate surface area is 117 Å². The van der Waals surface area contributed by atoms with Crippen LogP contribution >= 0.6 is 23.2 Å². The number of nitrogens with one attached hydrogen (secondary N) is 1. The van der Waals surface area contributed by atoms with Gasteiger partial charge in [0.1, 0.15) is 23.1 Å². The molecule has 0 unspecified atom stereocenters. The molecule has 2 heterocycles. The lowest BCUT2D eigenvalue weighted by Gasteiger charge is -2.08. The summed E-state index contributed by atoms with van der Waals surface area (Å²) in [5.74, 6) is 0.435. The third-order valence-electron chi connectivity index (χ3n) is 2.41. The molecule has 0 atom stereocenters. The maximum absolute atomic E-state index is 13.1. The zero-order chi connectivity index (χ0) is 13.4. The van der Waals surface area contributed by atoms with E-state index in [4.69, 9.17) is 23.2 Å². The summed E-state index contributed by atoms with van der Waals surface area (Å²) >= 11 is 11.6. The van der Waals surface area contributed by atoms with Crippen molar-refractivity contribution in [3.63, 3.8) is 0 Å². The number of hydrogen-bond donors (Lipinski definition) is 1. The molecular formula is C11H6Cl2FN5. The SMILES string of the molecule is Fc1ccc(Nc2cc(Cl)nc3ncnn23)cc1Cl. The van der Waals surface area contributed by atoms with E-state index in [1.807, 2.05) is 0 Å². The molecule has 0 aliphatic heterocycles. The van der Waals surface area contributed by atoms with Crippen LogP contribution in [0.1, 0.15) is 0 Å². The molecule has 0 spiro atoms. The van der Waals surface area contributed by atoms with Crippen LogP contribution in [-0.2, 0) is 0 Å². The van der Waals surface area contributed by atoms with Crippen LogP contribution < -0.4 is 5.32 Å². The van der Waals surface area contributed by atoms with E-state index in [0.29, 0.717) is 17.3 Å². The van der Waals surface area contributed by atoms with Crippen molar-refractivity contribution in [1.82, 2.24) is 19.6 Å². The smallest absolute Gasteiger partial charge is 0.255 e. The van der Waals surface area contributed by atoms with Crippen molar-refractivity contribution in [2.45, 2.75) is 0 Å². The highest BCUT2D eigenvalue weighted by Gasteiger charge is 2.08. The minimum atomic E-state index is -0.481. The molecule has 0 radical (unpaired) electrons. The van der Waals surface area contributed by atoms with E-state index in [0.717, 1.165) is 0 Å². The number of anilines is 2. The Bertz CT molecular complexity index is 758. The summed E-state index contributed by atoms with van der Waals surface area (Å²) in [6, 6.07) is 5.87. The molecule has 0 bridgehead atoms. The van der Waals surface area contributed by atoms with Crippen LogP contribution in [0.15, 0.2) is 30.6 Å². The van der Waals surface area contributed by atoms with Gasteiger partial charge >= 0.3 is 0 Å². The molecule has 0 amide bonds. The molecule has 96 valence electrons. The quantitative estimate of drug-likeness (QED) is 0.737. The van der Waals surface area contributed by atoms with Gasteiger partial charge in [0.15, 0.2) is 0 Å². The second-order valence-corrected chi connectivity index (χ2v) is 4.48. The van der Waals surface area contributed by atoms with E-state index in [2.05, 4.69) is 20.4 Å². The second-order valence-electron chi connectivity index (χ2n) is 3.69. The van der Waals surface area contributed by atoms with Gasteiger partial charge in [-0.1, -0.05) is 23.2 Å². The van der Waals surface area contributed by atoms with Gasteiger partial charge in [0.05, 0.1) is 5.02 Å². The summed E-state index contributed by atoms with van der Waals surface area (Å²) in [6.45, 7) is 0. The first-order valence-corrected chi connectivity index (χ1v) is 5.97. The van der Waals surface area contributed by atoms with Crippen molar-refractivity contribution in [1.29, 1.82) is 0 Å². The Kier molecular flexibility index (Phi) is 2.96. The van der Waals surface area contributed by atoms with Gasteiger partial charge in [-0.05, 0) is 18.2 Å². The van der Waals surface area contributed by atoms with Crippen molar-refractivity contribution in [3.05, 3.63) is 46.6 Å². The van der Waals surface area contributed by atoms with Crippen LogP contribution in [0.5, 0.6) is 0 Å². The van der Waals surface area contributed by atoms with Gasteiger partial charge in [0.2, 0.25) is 0 Å². The Hall–Kier alpha value is -1.92. The second kappa shape index (κ2) is 4.64. The lowest BCUT2D eigenvalue weighted by molar-refractivity contribution is 0.628. The van der Waals surface area contributed by atoms with E-state index in [1.165, 1.54) is 23.0 Å². The number of benzene rings is 1. The largest absolute Gasteiger partial charge is 0.340 e. The first-order chi connectivity index (χ1) is 9.13. The van der Waals surface area contributed by atoms with Crippen molar-refractivity contribution < 1.29 is 4.39 Å². The average Bonchev–Trinajstić information content (AvgIpc) is 2.82. The molecule has 0 saturated heterocycles. The molecule has 3 rings (SSSR count). The van der Waals surface area contributed by atoms with Crippen molar-refractivity contribution in [2.75, 3.05) is 5.32 Å². The summed E-state index contributed by atoms with van der Waals surface area (Å²) in [7, 11) is 0. The number of rotatable bonds is 2. The summed E-state index contributed by atoms with van der Waals surface area (Å²) in [5.41, 5.74) is 0.602. The van der Waals surface area contributed by atoms with E-state index in [9.17, 15) is 4.39 Å². The summed E-state index contributed by atoms with van der Waals surface area (Å²) < 4.78 is 14.6. The van der Waals surface area contributed by atoms with Crippen molar-refractivity contribution >= 4 is 40.5 Å². The Morgan fingerprint density at radius 1 is 1.21 bits per heavy atom. The van der Waals surface area contributed by atoms with Crippen molar-refractivity contribution in [2.24, 2.45) is 0 Å². The molecule has 0 saturated carbocycles. The third kappa shape index (κ3) is 2.32. The average molecular weight is 298 g/mol. The van der Waals surface area contributed by atoms with Crippen LogP contribution in [-0.4, -0.2) is 19.6 Å². The highest BCUT2D eigenvalue weighted by Crippen LogP contribution is 2.23.